The number of nitrogens with zero attached hydrogens (tertiary/aromatic N) is 3. The van der Waals surface area contributed by atoms with Crippen LogP contribution in [-0.4, -0.2) is 54.6 Å². The fraction of sp³-hybridized carbons (Fsp3) is 0.333. The molecule has 148 valence electrons. The predicted molar refractivity (Wildman–Crippen MR) is 112 cm³/mol. The summed E-state index contributed by atoms with van der Waals surface area (Å²) in [7, 11) is 4.05. The lowest BCUT2D eigenvalue weighted by atomic mass is 10.2. The van der Waals surface area contributed by atoms with Gasteiger partial charge in [-0.25, -0.2) is 0 Å². The van der Waals surface area contributed by atoms with Crippen LogP contribution in [0.4, 0.5) is 0 Å². The number of hydrogen-bond donors (Lipinski definition) is 0. The molecule has 0 aliphatic heterocycles. The molecule has 0 spiro atoms. The summed E-state index contributed by atoms with van der Waals surface area (Å²) >= 11 is 1.70. The Labute approximate surface area is 169 Å². The number of thioether (sulfide) groups is 1. The maximum absolute atomic E-state index is 5.70. The monoisotopic (exact) mass is 399 g/mol. The van der Waals surface area contributed by atoms with Crippen molar-refractivity contribution < 1.29 is 14.0 Å². The number of para-hydroxylation sites is 1. The Morgan fingerprint density at radius 1 is 0.929 bits per heavy atom. The molecular weight excluding hydrogens is 374 g/mol. The fourth-order valence-electron chi connectivity index (χ4n) is 2.37. The summed E-state index contributed by atoms with van der Waals surface area (Å²) in [5.41, 5.74) is 0.910. The quantitative estimate of drug-likeness (QED) is 0.452. The summed E-state index contributed by atoms with van der Waals surface area (Å²) in [6, 6.07) is 17.5. The Kier molecular flexibility index (Phi) is 7.75. The lowest BCUT2D eigenvalue weighted by Gasteiger charge is -2.10. The van der Waals surface area contributed by atoms with E-state index in [1.807, 2.05) is 68.7 Å². The summed E-state index contributed by atoms with van der Waals surface area (Å²) in [5, 5.41) is 4.07. The second-order valence-corrected chi connectivity index (χ2v) is 7.51. The van der Waals surface area contributed by atoms with Gasteiger partial charge in [-0.3, -0.25) is 0 Å². The van der Waals surface area contributed by atoms with E-state index in [1.54, 1.807) is 11.8 Å². The predicted octanol–water partition coefficient (Wildman–Crippen LogP) is 3.99. The van der Waals surface area contributed by atoms with Crippen molar-refractivity contribution in [2.75, 3.05) is 39.6 Å². The van der Waals surface area contributed by atoms with Gasteiger partial charge in [-0.2, -0.15) is 4.98 Å². The maximum atomic E-state index is 5.70. The topological polar surface area (TPSA) is 60.6 Å². The van der Waals surface area contributed by atoms with Gasteiger partial charge in [0.1, 0.15) is 18.1 Å². The van der Waals surface area contributed by atoms with E-state index in [0.717, 1.165) is 29.4 Å². The molecule has 0 atom stereocenters. The first-order valence-electron chi connectivity index (χ1n) is 9.17. The molecule has 0 radical (unpaired) electrons. The average molecular weight is 400 g/mol. The van der Waals surface area contributed by atoms with Crippen LogP contribution in [-0.2, 0) is 5.75 Å². The van der Waals surface area contributed by atoms with Gasteiger partial charge in [0.2, 0.25) is 11.7 Å². The largest absolute Gasteiger partial charge is 0.493 e. The lowest BCUT2D eigenvalue weighted by molar-refractivity contribution is 0.261. The molecule has 6 nitrogen and oxygen atoms in total. The van der Waals surface area contributed by atoms with Gasteiger partial charge >= 0.3 is 0 Å². The van der Waals surface area contributed by atoms with Gasteiger partial charge in [0.05, 0.1) is 12.4 Å². The van der Waals surface area contributed by atoms with Crippen LogP contribution in [0.25, 0.3) is 11.4 Å². The Balaban J connectivity index is 1.41. The molecule has 1 aromatic heterocycles. The van der Waals surface area contributed by atoms with Crippen LogP contribution in [0.3, 0.4) is 0 Å². The average Bonchev–Trinajstić information content (AvgIpc) is 3.18. The SMILES string of the molecule is CN(C)CCOc1ccc(-c2noc(CSCCOc3ccccc3)n2)cc1. The number of likely N-dealkylation sites (N-methyl/N-ethyl adjacent to an activating group) is 1. The van der Waals surface area contributed by atoms with Crippen molar-refractivity contribution >= 4 is 11.8 Å². The second-order valence-electron chi connectivity index (χ2n) is 6.40. The molecule has 0 amide bonds. The minimum Gasteiger partial charge on any atom is -0.493 e. The zero-order valence-electron chi connectivity index (χ0n) is 16.2. The van der Waals surface area contributed by atoms with Crippen molar-refractivity contribution in [2.45, 2.75) is 5.75 Å². The summed E-state index contributed by atoms with van der Waals surface area (Å²) in [6.07, 6.45) is 0. The first-order valence-corrected chi connectivity index (χ1v) is 10.3. The lowest BCUT2D eigenvalue weighted by Crippen LogP contribution is -2.19. The molecule has 2 aromatic carbocycles. The van der Waals surface area contributed by atoms with Gasteiger partial charge in [-0.1, -0.05) is 23.4 Å². The Morgan fingerprint density at radius 3 is 2.39 bits per heavy atom. The van der Waals surface area contributed by atoms with Gasteiger partial charge in [0.15, 0.2) is 0 Å². The van der Waals surface area contributed by atoms with E-state index in [4.69, 9.17) is 14.0 Å². The van der Waals surface area contributed by atoms with E-state index in [2.05, 4.69) is 15.0 Å². The first-order chi connectivity index (χ1) is 13.7. The Hall–Kier alpha value is -2.51. The molecule has 3 rings (SSSR count). The highest BCUT2D eigenvalue weighted by Gasteiger charge is 2.09. The van der Waals surface area contributed by atoms with E-state index in [-0.39, 0.29) is 0 Å². The number of benzene rings is 2. The molecule has 0 aliphatic rings. The molecule has 28 heavy (non-hydrogen) atoms. The van der Waals surface area contributed by atoms with E-state index < -0.39 is 0 Å². The highest BCUT2D eigenvalue weighted by molar-refractivity contribution is 7.98. The zero-order valence-corrected chi connectivity index (χ0v) is 17.0. The van der Waals surface area contributed by atoms with Crippen LogP contribution in [0.15, 0.2) is 59.1 Å². The van der Waals surface area contributed by atoms with Crippen LogP contribution in [0.5, 0.6) is 11.5 Å². The molecule has 0 saturated carbocycles. The minimum absolute atomic E-state index is 0.593. The van der Waals surface area contributed by atoms with Crippen molar-refractivity contribution in [3.8, 4) is 22.9 Å². The van der Waals surface area contributed by atoms with Gasteiger partial charge in [-0.05, 0) is 50.5 Å². The number of ether oxygens (including phenoxy) is 2. The van der Waals surface area contributed by atoms with Gasteiger partial charge in [-0.15, -0.1) is 11.8 Å². The summed E-state index contributed by atoms with van der Waals surface area (Å²) in [5.74, 6) is 4.45. The normalized spacial score (nSPS) is 11.0. The number of rotatable bonds is 11. The van der Waals surface area contributed by atoms with E-state index in [9.17, 15) is 0 Å². The fourth-order valence-corrected chi connectivity index (χ4v) is 3.01. The van der Waals surface area contributed by atoms with Crippen molar-refractivity contribution in [3.05, 3.63) is 60.5 Å². The van der Waals surface area contributed by atoms with Crippen LogP contribution < -0.4 is 9.47 Å². The van der Waals surface area contributed by atoms with Gasteiger partial charge in [0.25, 0.3) is 0 Å². The third kappa shape index (κ3) is 6.58. The molecule has 0 N–H and O–H groups in total. The number of aromatic nitrogens is 2. The van der Waals surface area contributed by atoms with E-state index >= 15 is 0 Å². The van der Waals surface area contributed by atoms with Crippen LogP contribution in [0, 0.1) is 0 Å². The molecule has 0 bridgehead atoms. The standard InChI is InChI=1S/C21H25N3O3S/c1-24(2)12-13-25-19-10-8-17(9-11-19)21-22-20(27-23-21)16-28-15-14-26-18-6-4-3-5-7-18/h3-11H,12-16H2,1-2H3. The Morgan fingerprint density at radius 2 is 1.64 bits per heavy atom. The molecule has 7 heteroatoms. The molecule has 3 aromatic rings. The van der Waals surface area contributed by atoms with Gasteiger partial charge in [0, 0.05) is 17.9 Å². The first kappa shape index (κ1) is 20.2. The maximum Gasteiger partial charge on any atom is 0.236 e. The molecule has 0 fully saturated rings. The summed E-state index contributed by atoms with van der Waals surface area (Å²) in [6.45, 7) is 2.18. The van der Waals surface area contributed by atoms with E-state index in [1.165, 1.54) is 0 Å². The summed E-state index contributed by atoms with van der Waals surface area (Å²) in [4.78, 5) is 6.55. The van der Waals surface area contributed by atoms with Crippen molar-refractivity contribution in [3.63, 3.8) is 0 Å². The minimum atomic E-state index is 0.593. The van der Waals surface area contributed by atoms with Crippen molar-refractivity contribution in [1.29, 1.82) is 0 Å². The third-order valence-electron chi connectivity index (χ3n) is 3.85. The molecule has 0 aliphatic carbocycles. The summed E-state index contributed by atoms with van der Waals surface area (Å²) < 4.78 is 16.7. The number of hydrogen-bond acceptors (Lipinski definition) is 7. The van der Waals surface area contributed by atoms with Crippen molar-refractivity contribution in [2.24, 2.45) is 0 Å². The Bertz CT molecular complexity index is 822. The van der Waals surface area contributed by atoms with Crippen LogP contribution in [0.1, 0.15) is 5.89 Å². The zero-order chi connectivity index (χ0) is 19.6. The second kappa shape index (κ2) is 10.7. The molecule has 1 heterocycles. The highest BCUT2D eigenvalue weighted by atomic mass is 32.2. The van der Waals surface area contributed by atoms with Crippen LogP contribution in [0.2, 0.25) is 0 Å². The highest BCUT2D eigenvalue weighted by Crippen LogP contribution is 2.21. The van der Waals surface area contributed by atoms with Crippen molar-refractivity contribution in [1.82, 2.24) is 15.0 Å². The smallest absolute Gasteiger partial charge is 0.236 e. The molecule has 0 unspecified atom stereocenters. The molecule has 0 saturated heterocycles. The molecular formula is C21H25N3O3S. The van der Waals surface area contributed by atoms with Gasteiger partial charge < -0.3 is 18.9 Å². The van der Waals surface area contributed by atoms with Crippen LogP contribution >= 0.6 is 11.8 Å². The third-order valence-corrected chi connectivity index (χ3v) is 4.76. The van der Waals surface area contributed by atoms with E-state index in [0.29, 0.717) is 30.7 Å².